The van der Waals surface area contributed by atoms with Crippen molar-refractivity contribution < 1.29 is 0 Å². The lowest BCUT2D eigenvalue weighted by Gasteiger charge is -2.21. The third-order valence-corrected chi connectivity index (χ3v) is 11.2. The van der Waals surface area contributed by atoms with Gasteiger partial charge in [0, 0.05) is 34.5 Å². The Morgan fingerprint density at radius 2 is 0.964 bits per heavy atom. The van der Waals surface area contributed by atoms with Crippen molar-refractivity contribution >= 4 is 10.8 Å². The predicted molar refractivity (Wildman–Crippen MR) is 228 cm³/mol. The molecule has 3 heteroatoms. The lowest BCUT2D eigenvalue weighted by atomic mass is 9.82. The first-order valence-electron chi connectivity index (χ1n) is 18.8. The molecule has 0 aliphatic heterocycles. The van der Waals surface area contributed by atoms with Gasteiger partial charge in [-0.3, -0.25) is 4.98 Å². The first-order valence-corrected chi connectivity index (χ1v) is 18.8. The fourth-order valence-electron chi connectivity index (χ4n) is 8.41. The second-order valence-electron chi connectivity index (χ2n) is 14.8. The topological polar surface area (TPSA) is 38.7 Å². The summed E-state index contributed by atoms with van der Waals surface area (Å²) >= 11 is 0. The van der Waals surface area contributed by atoms with Gasteiger partial charge in [-0.05, 0) is 78.5 Å². The molecule has 7 aromatic carbocycles. The third kappa shape index (κ3) is 5.64. The monoisotopic (exact) mass is 703 g/mol. The van der Waals surface area contributed by atoms with Crippen molar-refractivity contribution in [2.75, 3.05) is 0 Å². The van der Waals surface area contributed by atoms with E-state index in [1.165, 1.54) is 49.9 Å². The van der Waals surface area contributed by atoms with Crippen LogP contribution in [-0.4, -0.2) is 15.0 Å². The zero-order chi connectivity index (χ0) is 36.9. The number of hydrogen-bond donors (Lipinski definition) is 0. The van der Waals surface area contributed by atoms with Crippen LogP contribution in [0.4, 0.5) is 0 Å². The van der Waals surface area contributed by atoms with E-state index in [1.54, 1.807) is 6.20 Å². The van der Waals surface area contributed by atoms with Crippen LogP contribution in [0.15, 0.2) is 188 Å². The van der Waals surface area contributed by atoms with Crippen LogP contribution in [0.5, 0.6) is 0 Å². The Balaban J connectivity index is 1.05. The molecule has 3 nitrogen and oxygen atoms in total. The van der Waals surface area contributed by atoms with Crippen LogP contribution in [0.1, 0.15) is 25.0 Å². The van der Waals surface area contributed by atoms with Crippen molar-refractivity contribution in [1.29, 1.82) is 0 Å². The van der Waals surface area contributed by atoms with Gasteiger partial charge in [-0.2, -0.15) is 0 Å². The number of pyridine rings is 1. The number of fused-ring (bicyclic) bond motifs is 4. The van der Waals surface area contributed by atoms with Crippen LogP contribution in [0.3, 0.4) is 0 Å². The molecule has 0 spiro atoms. The molecule has 55 heavy (non-hydrogen) atoms. The Morgan fingerprint density at radius 1 is 0.382 bits per heavy atom. The van der Waals surface area contributed by atoms with Gasteiger partial charge in [0.1, 0.15) is 0 Å². The Hall–Kier alpha value is -6.97. The number of nitrogens with zero attached hydrogens (tertiary/aromatic N) is 3. The summed E-state index contributed by atoms with van der Waals surface area (Å²) in [5.41, 5.74) is 17.4. The molecule has 0 radical (unpaired) electrons. The highest BCUT2D eigenvalue weighted by Gasteiger charge is 2.36. The number of aromatic nitrogens is 3. The minimum absolute atomic E-state index is 0.0280. The molecule has 0 bridgehead atoms. The summed E-state index contributed by atoms with van der Waals surface area (Å²) in [4.78, 5) is 14.6. The highest BCUT2D eigenvalue weighted by molar-refractivity contribution is 6.05. The Labute approximate surface area is 321 Å². The summed E-state index contributed by atoms with van der Waals surface area (Å²) in [5.74, 6) is 0.701. The van der Waals surface area contributed by atoms with Crippen LogP contribution in [0.25, 0.3) is 89.2 Å². The quantitative estimate of drug-likeness (QED) is 0.173. The molecule has 0 fully saturated rings. The molecule has 1 aliphatic rings. The van der Waals surface area contributed by atoms with E-state index in [0.29, 0.717) is 5.82 Å². The van der Waals surface area contributed by atoms with Gasteiger partial charge in [-0.15, -0.1) is 0 Å². The van der Waals surface area contributed by atoms with Gasteiger partial charge in [0.05, 0.1) is 11.4 Å². The van der Waals surface area contributed by atoms with Crippen molar-refractivity contribution in [3.8, 4) is 78.4 Å². The van der Waals surface area contributed by atoms with Crippen molar-refractivity contribution in [1.82, 2.24) is 15.0 Å². The summed E-state index contributed by atoms with van der Waals surface area (Å²) in [6, 6.07) is 62.9. The van der Waals surface area contributed by atoms with Gasteiger partial charge in [0.15, 0.2) is 5.82 Å². The molecule has 0 atom stereocenters. The molecule has 0 saturated heterocycles. The van der Waals surface area contributed by atoms with Gasteiger partial charge >= 0.3 is 0 Å². The zero-order valence-electron chi connectivity index (χ0n) is 30.7. The van der Waals surface area contributed by atoms with Gasteiger partial charge < -0.3 is 0 Å². The van der Waals surface area contributed by atoms with Crippen molar-refractivity contribution in [2.24, 2.45) is 0 Å². The summed E-state index contributed by atoms with van der Waals surface area (Å²) in [6.07, 6.45) is 3.69. The molecule has 2 aromatic heterocycles. The zero-order valence-corrected chi connectivity index (χ0v) is 30.7. The summed E-state index contributed by atoms with van der Waals surface area (Å²) in [6.45, 7) is 4.68. The van der Waals surface area contributed by atoms with Crippen molar-refractivity contribution in [3.05, 3.63) is 199 Å². The number of hydrogen-bond acceptors (Lipinski definition) is 3. The van der Waals surface area contributed by atoms with Gasteiger partial charge in [0.2, 0.25) is 0 Å². The van der Waals surface area contributed by atoms with Gasteiger partial charge in [-0.25, -0.2) is 9.97 Å². The first kappa shape index (κ1) is 32.7. The maximum atomic E-state index is 5.20. The third-order valence-electron chi connectivity index (χ3n) is 11.2. The Bertz CT molecular complexity index is 2860. The minimum atomic E-state index is -0.0280. The fourth-order valence-corrected chi connectivity index (χ4v) is 8.41. The Kier molecular flexibility index (Phi) is 7.81. The van der Waals surface area contributed by atoms with E-state index < -0.39 is 0 Å². The molecule has 9 aromatic rings. The van der Waals surface area contributed by atoms with Crippen LogP contribution in [-0.2, 0) is 5.41 Å². The van der Waals surface area contributed by atoms with Gasteiger partial charge in [-0.1, -0.05) is 178 Å². The van der Waals surface area contributed by atoms with E-state index in [0.717, 1.165) is 44.6 Å². The van der Waals surface area contributed by atoms with Crippen LogP contribution >= 0.6 is 0 Å². The molecule has 1 aliphatic carbocycles. The molecule has 0 N–H and O–H groups in total. The van der Waals surface area contributed by atoms with E-state index >= 15 is 0 Å². The average Bonchev–Trinajstić information content (AvgIpc) is 3.50. The van der Waals surface area contributed by atoms with Crippen LogP contribution < -0.4 is 0 Å². The minimum Gasteiger partial charge on any atom is -0.264 e. The molecular formula is C52H37N3. The first-order chi connectivity index (χ1) is 27.0. The molecule has 10 rings (SSSR count). The normalized spacial score (nSPS) is 12.7. The molecule has 0 saturated carbocycles. The summed E-state index contributed by atoms with van der Waals surface area (Å²) in [7, 11) is 0. The van der Waals surface area contributed by atoms with Gasteiger partial charge in [0.25, 0.3) is 0 Å². The lowest BCUT2D eigenvalue weighted by Crippen LogP contribution is -2.14. The maximum absolute atomic E-state index is 5.20. The smallest absolute Gasteiger partial charge is 0.160 e. The second-order valence-corrected chi connectivity index (χ2v) is 14.8. The molecule has 0 unspecified atom stereocenters. The van der Waals surface area contributed by atoms with Crippen molar-refractivity contribution in [2.45, 2.75) is 19.3 Å². The number of rotatable bonds is 6. The maximum Gasteiger partial charge on any atom is 0.160 e. The summed E-state index contributed by atoms with van der Waals surface area (Å²) in [5, 5.41) is 2.34. The summed E-state index contributed by atoms with van der Waals surface area (Å²) < 4.78 is 0. The van der Waals surface area contributed by atoms with E-state index in [1.807, 2.05) is 30.5 Å². The van der Waals surface area contributed by atoms with E-state index in [9.17, 15) is 0 Å². The fraction of sp³-hybridized carbons (Fsp3) is 0.0577. The molecular weight excluding hydrogens is 667 g/mol. The molecule has 260 valence electrons. The van der Waals surface area contributed by atoms with E-state index in [4.69, 9.17) is 9.97 Å². The SMILES string of the molecule is CC1(C)c2ccccc2-c2c(-c3ccc(-c4ccc(-c5cc(-c6ccc(-c7cccnc7)cc6)nc(-c6ccccc6)n5)c5ccccc45)cc3)cccc21. The van der Waals surface area contributed by atoms with Crippen LogP contribution in [0, 0.1) is 0 Å². The van der Waals surface area contributed by atoms with Crippen molar-refractivity contribution in [3.63, 3.8) is 0 Å². The highest BCUT2D eigenvalue weighted by Crippen LogP contribution is 2.52. The molecule has 2 heterocycles. The Morgan fingerprint density at radius 3 is 1.73 bits per heavy atom. The van der Waals surface area contributed by atoms with E-state index in [2.05, 4.69) is 170 Å². The lowest BCUT2D eigenvalue weighted by molar-refractivity contribution is 0.660. The second kappa shape index (κ2) is 13.2. The van der Waals surface area contributed by atoms with Crippen LogP contribution in [0.2, 0.25) is 0 Å². The molecule has 0 amide bonds. The highest BCUT2D eigenvalue weighted by atomic mass is 14.9. The number of benzene rings is 7. The largest absolute Gasteiger partial charge is 0.264 e. The van der Waals surface area contributed by atoms with E-state index in [-0.39, 0.29) is 5.41 Å². The predicted octanol–water partition coefficient (Wildman–Crippen LogP) is 13.3. The standard InChI is InChI=1S/C52H37N3/c1-52(2)46-19-9-8-17-45(46)50-41(18-10-20-47(50)52)36-25-23-35(24-26-36)40-29-30-44(43-16-7-6-15-42(40)43)49-32-48(54-51(55-49)38-12-4-3-5-13-38)37-27-21-34(22-28-37)39-14-11-31-53-33-39/h3-33H,1-2H3. The average molecular weight is 704 g/mol.